The van der Waals surface area contributed by atoms with E-state index in [1.165, 1.54) is 52.1 Å². The third-order valence-electron chi connectivity index (χ3n) is 4.32. The van der Waals surface area contributed by atoms with Gasteiger partial charge in [-0.2, -0.15) is 0 Å². The fourth-order valence-corrected chi connectivity index (χ4v) is 2.94. The molecule has 0 radical (unpaired) electrons. The highest BCUT2D eigenvalue weighted by atomic mass is 16.6. The zero-order valence-electron chi connectivity index (χ0n) is 14.1. The van der Waals surface area contributed by atoms with Gasteiger partial charge in [-0.1, -0.05) is 64.9 Å². The molecule has 1 aliphatic heterocycles. The van der Waals surface area contributed by atoms with Gasteiger partial charge in [-0.05, 0) is 12.8 Å². The lowest BCUT2D eigenvalue weighted by Crippen LogP contribution is -2.26. The molecule has 2 atom stereocenters. The maximum atomic E-state index is 11.7. The average Bonchev–Trinajstić information content (AvgIpc) is 2.79. The van der Waals surface area contributed by atoms with E-state index in [1.807, 2.05) is 0 Å². The quantitative estimate of drug-likeness (QED) is 0.326. The zero-order valence-corrected chi connectivity index (χ0v) is 14.1. The predicted molar refractivity (Wildman–Crippen MR) is 86.4 cm³/mol. The highest BCUT2D eigenvalue weighted by Gasteiger charge is 2.43. The summed E-state index contributed by atoms with van der Waals surface area (Å²) in [5, 5.41) is 0. The van der Waals surface area contributed by atoms with Crippen LogP contribution in [-0.2, 0) is 19.1 Å². The van der Waals surface area contributed by atoms with E-state index in [0.29, 0.717) is 6.42 Å². The molecule has 1 fully saturated rings. The topological polar surface area (TPSA) is 52.6 Å². The molecule has 0 aliphatic carbocycles. The molecule has 0 spiro atoms. The van der Waals surface area contributed by atoms with E-state index in [0.717, 1.165) is 12.8 Å². The molecule has 0 amide bonds. The van der Waals surface area contributed by atoms with Crippen LogP contribution in [0.3, 0.4) is 0 Å². The number of esters is 2. The molecular formula is C18H30O4. The van der Waals surface area contributed by atoms with E-state index in [9.17, 15) is 9.59 Å². The SMILES string of the molecule is C=C1C(=O)O[C@@H](CCCCCCCCCCC)[C@H]1C(=O)OC. The number of hydrogen-bond donors (Lipinski definition) is 0. The van der Waals surface area contributed by atoms with Crippen LogP contribution in [-0.4, -0.2) is 25.2 Å². The van der Waals surface area contributed by atoms with E-state index in [-0.39, 0.29) is 5.57 Å². The fraction of sp³-hybridized carbons (Fsp3) is 0.778. The number of ether oxygens (including phenoxy) is 2. The number of carbonyl (C=O) groups is 2. The Morgan fingerprint density at radius 3 is 2.18 bits per heavy atom. The molecule has 0 aromatic heterocycles. The summed E-state index contributed by atoms with van der Waals surface area (Å²) in [6.45, 7) is 5.88. The second-order valence-corrected chi connectivity index (χ2v) is 6.09. The largest absolute Gasteiger partial charge is 0.468 e. The van der Waals surface area contributed by atoms with Crippen LogP contribution in [0, 0.1) is 5.92 Å². The third kappa shape index (κ3) is 5.82. The molecule has 0 N–H and O–H groups in total. The molecule has 1 heterocycles. The second-order valence-electron chi connectivity index (χ2n) is 6.09. The molecule has 0 aromatic carbocycles. The van der Waals surface area contributed by atoms with E-state index < -0.39 is 24.0 Å². The molecule has 22 heavy (non-hydrogen) atoms. The maximum absolute atomic E-state index is 11.7. The minimum Gasteiger partial charge on any atom is -0.468 e. The summed E-state index contributed by atoms with van der Waals surface area (Å²) in [6, 6.07) is 0. The number of carbonyl (C=O) groups excluding carboxylic acids is 2. The molecule has 126 valence electrons. The first-order valence-electron chi connectivity index (χ1n) is 8.59. The van der Waals surface area contributed by atoms with Crippen LogP contribution >= 0.6 is 0 Å². The van der Waals surface area contributed by atoms with Gasteiger partial charge in [-0.25, -0.2) is 4.79 Å². The Kier molecular flexibility index (Phi) is 8.86. The van der Waals surface area contributed by atoms with Crippen molar-refractivity contribution >= 4 is 11.9 Å². The van der Waals surface area contributed by atoms with Crippen LogP contribution in [0.4, 0.5) is 0 Å². The highest BCUT2D eigenvalue weighted by molar-refractivity contribution is 5.98. The third-order valence-corrected chi connectivity index (χ3v) is 4.32. The molecule has 4 nitrogen and oxygen atoms in total. The van der Waals surface area contributed by atoms with Crippen LogP contribution < -0.4 is 0 Å². The van der Waals surface area contributed by atoms with Gasteiger partial charge >= 0.3 is 11.9 Å². The van der Waals surface area contributed by atoms with Crippen LogP contribution in [0.15, 0.2) is 12.2 Å². The van der Waals surface area contributed by atoms with Gasteiger partial charge in [0.05, 0.1) is 7.11 Å². The summed E-state index contributed by atoms with van der Waals surface area (Å²) >= 11 is 0. The van der Waals surface area contributed by atoms with Crippen molar-refractivity contribution in [2.75, 3.05) is 7.11 Å². The van der Waals surface area contributed by atoms with Crippen molar-refractivity contribution in [3.63, 3.8) is 0 Å². The van der Waals surface area contributed by atoms with Gasteiger partial charge in [-0.15, -0.1) is 0 Å². The van der Waals surface area contributed by atoms with Crippen LogP contribution in [0.5, 0.6) is 0 Å². The number of unbranched alkanes of at least 4 members (excludes halogenated alkanes) is 8. The van der Waals surface area contributed by atoms with Crippen molar-refractivity contribution in [1.29, 1.82) is 0 Å². The van der Waals surface area contributed by atoms with Gasteiger partial charge in [0.1, 0.15) is 12.0 Å². The first-order chi connectivity index (χ1) is 10.6. The van der Waals surface area contributed by atoms with E-state index in [1.54, 1.807) is 0 Å². The zero-order chi connectivity index (χ0) is 16.4. The Morgan fingerprint density at radius 1 is 1.09 bits per heavy atom. The van der Waals surface area contributed by atoms with Crippen LogP contribution in [0.2, 0.25) is 0 Å². The van der Waals surface area contributed by atoms with Gasteiger partial charge in [0, 0.05) is 5.57 Å². The van der Waals surface area contributed by atoms with E-state index in [4.69, 9.17) is 9.47 Å². The monoisotopic (exact) mass is 310 g/mol. The lowest BCUT2D eigenvalue weighted by atomic mass is 9.93. The Balaban J connectivity index is 2.17. The molecule has 0 saturated carbocycles. The molecule has 0 unspecified atom stereocenters. The Bertz CT molecular complexity index is 375. The number of cyclic esters (lactones) is 1. The summed E-state index contributed by atoms with van der Waals surface area (Å²) < 4.78 is 9.98. The van der Waals surface area contributed by atoms with Gasteiger partial charge < -0.3 is 9.47 Å². The maximum Gasteiger partial charge on any atom is 0.334 e. The van der Waals surface area contributed by atoms with Crippen LogP contribution in [0.1, 0.15) is 71.1 Å². The number of hydrogen-bond acceptors (Lipinski definition) is 4. The van der Waals surface area contributed by atoms with Crippen LogP contribution in [0.25, 0.3) is 0 Å². The van der Waals surface area contributed by atoms with Gasteiger partial charge in [0.25, 0.3) is 0 Å². The highest BCUT2D eigenvalue weighted by Crippen LogP contribution is 2.31. The standard InChI is InChI=1S/C18H30O4/c1-4-5-6-7-8-9-10-11-12-13-15-16(18(20)21-3)14(2)17(19)22-15/h15-16H,2,4-13H2,1,3H3/t15-,16-/m0/s1. The fourth-order valence-electron chi connectivity index (χ4n) is 2.94. The Labute approximate surface area is 134 Å². The summed E-state index contributed by atoms with van der Waals surface area (Å²) in [4.78, 5) is 23.3. The molecular weight excluding hydrogens is 280 g/mol. The smallest absolute Gasteiger partial charge is 0.334 e. The molecule has 0 aromatic rings. The van der Waals surface area contributed by atoms with Crippen molar-refractivity contribution < 1.29 is 19.1 Å². The Morgan fingerprint density at radius 2 is 1.64 bits per heavy atom. The first-order valence-corrected chi connectivity index (χ1v) is 8.59. The minimum absolute atomic E-state index is 0.229. The van der Waals surface area contributed by atoms with Gasteiger partial charge in [0.15, 0.2) is 0 Å². The second kappa shape index (κ2) is 10.4. The molecule has 1 saturated heterocycles. The van der Waals surface area contributed by atoms with E-state index in [2.05, 4.69) is 13.5 Å². The summed E-state index contributed by atoms with van der Waals surface area (Å²) in [7, 11) is 1.33. The number of rotatable bonds is 11. The predicted octanol–water partition coefficient (Wildman–Crippen LogP) is 4.18. The van der Waals surface area contributed by atoms with Crippen molar-refractivity contribution in [1.82, 2.24) is 0 Å². The lowest BCUT2D eigenvalue weighted by Gasteiger charge is -2.15. The summed E-state index contributed by atoms with van der Waals surface area (Å²) in [5.41, 5.74) is 0.229. The normalized spacial score (nSPS) is 21.0. The number of methoxy groups -OCH3 is 1. The minimum atomic E-state index is -0.619. The van der Waals surface area contributed by atoms with Crippen molar-refractivity contribution in [2.45, 2.75) is 77.2 Å². The molecule has 0 bridgehead atoms. The summed E-state index contributed by atoms with van der Waals surface area (Å²) in [5.74, 6) is -1.50. The van der Waals surface area contributed by atoms with Crippen molar-refractivity contribution in [3.05, 3.63) is 12.2 Å². The molecule has 1 aliphatic rings. The molecule has 4 heteroatoms. The lowest BCUT2D eigenvalue weighted by molar-refractivity contribution is -0.147. The Hall–Kier alpha value is -1.32. The first kappa shape index (κ1) is 18.7. The van der Waals surface area contributed by atoms with Gasteiger partial charge in [-0.3, -0.25) is 4.79 Å². The van der Waals surface area contributed by atoms with E-state index >= 15 is 0 Å². The average molecular weight is 310 g/mol. The summed E-state index contributed by atoms with van der Waals surface area (Å²) in [6.07, 6.45) is 11.5. The molecule has 1 rings (SSSR count). The van der Waals surface area contributed by atoms with Crippen molar-refractivity contribution in [3.8, 4) is 0 Å². The van der Waals surface area contributed by atoms with Crippen molar-refractivity contribution in [2.24, 2.45) is 5.92 Å². The van der Waals surface area contributed by atoms with Gasteiger partial charge in [0.2, 0.25) is 0 Å².